The minimum absolute atomic E-state index is 0.265. The van der Waals surface area contributed by atoms with Gasteiger partial charge in [0.15, 0.2) is 0 Å². The molecule has 0 saturated heterocycles. The van der Waals surface area contributed by atoms with Gasteiger partial charge >= 0.3 is 0 Å². The Labute approximate surface area is 111 Å². The molecule has 1 heterocycles. The van der Waals surface area contributed by atoms with Crippen molar-refractivity contribution in [2.24, 2.45) is 5.73 Å². The van der Waals surface area contributed by atoms with Crippen LogP contribution in [0.15, 0.2) is 30.5 Å². The Kier molecular flexibility index (Phi) is 3.37. The van der Waals surface area contributed by atoms with Crippen LogP contribution >= 0.6 is 0 Å². The van der Waals surface area contributed by atoms with Crippen molar-refractivity contribution in [3.63, 3.8) is 0 Å². The predicted molar refractivity (Wildman–Crippen MR) is 76.4 cm³/mol. The monoisotopic (exact) mass is 256 g/mol. The van der Waals surface area contributed by atoms with Crippen molar-refractivity contribution in [3.8, 4) is 0 Å². The smallest absolute Gasteiger partial charge is 0.250 e. The lowest BCUT2D eigenvalue weighted by Gasteiger charge is -2.09. The van der Waals surface area contributed by atoms with Crippen molar-refractivity contribution >= 4 is 23.1 Å². The molecule has 2 aromatic rings. The molecule has 1 aromatic heterocycles. The van der Waals surface area contributed by atoms with Gasteiger partial charge in [0.1, 0.15) is 5.82 Å². The second kappa shape index (κ2) is 4.97. The second-order valence-electron chi connectivity index (χ2n) is 4.45. The molecule has 0 aliphatic heterocycles. The van der Waals surface area contributed by atoms with Crippen LogP contribution in [0.5, 0.6) is 0 Å². The molecule has 0 saturated carbocycles. The number of carbonyl (C=O) groups is 1. The number of aryl methyl sites for hydroxylation is 2. The highest BCUT2D eigenvalue weighted by Crippen LogP contribution is 2.20. The van der Waals surface area contributed by atoms with Crippen LogP contribution in [0.2, 0.25) is 0 Å². The standard InChI is InChI=1S/C14H16N4O/c1-8-3-4-10(5-9(8)2)18-13-6-11(14(16)19)12(15)7-17-13/h3-7H,15H2,1-2H3,(H2,16,19)(H,17,18). The molecule has 0 atom stereocenters. The summed E-state index contributed by atoms with van der Waals surface area (Å²) in [5.41, 5.74) is 14.7. The zero-order chi connectivity index (χ0) is 14.0. The number of hydrogen-bond acceptors (Lipinski definition) is 4. The topological polar surface area (TPSA) is 94.0 Å². The van der Waals surface area contributed by atoms with Crippen LogP contribution in [0.1, 0.15) is 21.5 Å². The number of carbonyl (C=O) groups excluding carboxylic acids is 1. The van der Waals surface area contributed by atoms with Crippen molar-refractivity contribution < 1.29 is 4.79 Å². The van der Waals surface area contributed by atoms with Crippen LogP contribution in [-0.2, 0) is 0 Å². The van der Waals surface area contributed by atoms with Gasteiger partial charge in [0.2, 0.25) is 0 Å². The number of aromatic nitrogens is 1. The predicted octanol–water partition coefficient (Wildman–Crippen LogP) is 2.12. The highest BCUT2D eigenvalue weighted by molar-refractivity contribution is 5.98. The fraction of sp³-hybridized carbons (Fsp3) is 0.143. The van der Waals surface area contributed by atoms with E-state index in [1.807, 2.05) is 32.0 Å². The van der Waals surface area contributed by atoms with E-state index in [2.05, 4.69) is 10.3 Å². The molecule has 19 heavy (non-hydrogen) atoms. The van der Waals surface area contributed by atoms with Crippen LogP contribution in [-0.4, -0.2) is 10.9 Å². The van der Waals surface area contributed by atoms with Crippen molar-refractivity contribution in [2.75, 3.05) is 11.1 Å². The normalized spacial score (nSPS) is 10.2. The first-order chi connectivity index (χ1) is 8.97. The van der Waals surface area contributed by atoms with Crippen LogP contribution in [0.3, 0.4) is 0 Å². The third kappa shape index (κ3) is 2.82. The fourth-order valence-electron chi connectivity index (χ4n) is 1.71. The average molecular weight is 256 g/mol. The lowest BCUT2D eigenvalue weighted by molar-refractivity contribution is 0.100. The van der Waals surface area contributed by atoms with Crippen molar-refractivity contribution in [3.05, 3.63) is 47.2 Å². The molecule has 5 heteroatoms. The van der Waals surface area contributed by atoms with Crippen LogP contribution < -0.4 is 16.8 Å². The summed E-state index contributed by atoms with van der Waals surface area (Å²) in [6.07, 6.45) is 1.42. The number of primary amides is 1. The van der Waals surface area contributed by atoms with E-state index in [1.54, 1.807) is 6.07 Å². The van der Waals surface area contributed by atoms with Crippen LogP contribution in [0.4, 0.5) is 17.2 Å². The number of pyridine rings is 1. The van der Waals surface area contributed by atoms with Gasteiger partial charge in [-0.3, -0.25) is 4.79 Å². The summed E-state index contributed by atoms with van der Waals surface area (Å²) < 4.78 is 0. The molecular weight excluding hydrogens is 240 g/mol. The van der Waals surface area contributed by atoms with E-state index in [0.29, 0.717) is 5.82 Å². The number of nitrogen functional groups attached to an aromatic ring is 1. The Bertz CT molecular complexity index is 637. The summed E-state index contributed by atoms with van der Waals surface area (Å²) in [6.45, 7) is 4.08. The van der Waals surface area contributed by atoms with E-state index in [-0.39, 0.29) is 11.3 Å². The maximum absolute atomic E-state index is 11.2. The fourth-order valence-corrected chi connectivity index (χ4v) is 1.71. The minimum atomic E-state index is -0.567. The van der Waals surface area contributed by atoms with E-state index < -0.39 is 5.91 Å². The number of nitrogens with two attached hydrogens (primary N) is 2. The first-order valence-corrected chi connectivity index (χ1v) is 5.87. The molecule has 0 aliphatic carbocycles. The molecular formula is C14H16N4O. The SMILES string of the molecule is Cc1ccc(Nc2cc(C(N)=O)c(N)cn2)cc1C. The molecule has 0 radical (unpaired) electrons. The summed E-state index contributed by atoms with van der Waals surface area (Å²) in [6, 6.07) is 7.53. The third-order valence-electron chi connectivity index (χ3n) is 2.98. The highest BCUT2D eigenvalue weighted by atomic mass is 16.1. The Balaban J connectivity index is 2.30. The zero-order valence-corrected chi connectivity index (χ0v) is 10.9. The van der Waals surface area contributed by atoms with E-state index in [9.17, 15) is 4.79 Å². The molecule has 1 aromatic carbocycles. The molecule has 5 N–H and O–H groups in total. The summed E-state index contributed by atoms with van der Waals surface area (Å²) in [4.78, 5) is 15.3. The Morgan fingerprint density at radius 3 is 2.58 bits per heavy atom. The Hall–Kier alpha value is -2.56. The van der Waals surface area contributed by atoms with Gasteiger partial charge in [0, 0.05) is 5.69 Å². The van der Waals surface area contributed by atoms with Gasteiger partial charge in [-0.2, -0.15) is 0 Å². The van der Waals surface area contributed by atoms with Gasteiger partial charge in [0.05, 0.1) is 17.4 Å². The highest BCUT2D eigenvalue weighted by Gasteiger charge is 2.08. The van der Waals surface area contributed by atoms with E-state index >= 15 is 0 Å². The number of nitrogens with zero attached hydrogens (tertiary/aromatic N) is 1. The number of rotatable bonds is 3. The van der Waals surface area contributed by atoms with Crippen molar-refractivity contribution in [1.82, 2.24) is 4.98 Å². The van der Waals surface area contributed by atoms with Gasteiger partial charge in [-0.05, 0) is 43.2 Å². The minimum Gasteiger partial charge on any atom is -0.397 e. The van der Waals surface area contributed by atoms with Gasteiger partial charge in [0.25, 0.3) is 5.91 Å². The number of nitrogens with one attached hydrogen (secondary N) is 1. The van der Waals surface area contributed by atoms with Gasteiger partial charge < -0.3 is 16.8 Å². The van der Waals surface area contributed by atoms with Crippen molar-refractivity contribution in [1.29, 1.82) is 0 Å². The Morgan fingerprint density at radius 2 is 1.95 bits per heavy atom. The molecule has 0 unspecified atom stereocenters. The maximum atomic E-state index is 11.2. The van der Waals surface area contributed by atoms with E-state index in [1.165, 1.54) is 17.3 Å². The van der Waals surface area contributed by atoms with Gasteiger partial charge in [-0.25, -0.2) is 4.98 Å². The zero-order valence-electron chi connectivity index (χ0n) is 10.9. The summed E-state index contributed by atoms with van der Waals surface area (Å²) in [5, 5.41) is 3.12. The second-order valence-corrected chi connectivity index (χ2v) is 4.45. The van der Waals surface area contributed by atoms with Crippen molar-refractivity contribution in [2.45, 2.75) is 13.8 Å². The number of hydrogen-bond donors (Lipinski definition) is 3. The Morgan fingerprint density at radius 1 is 1.21 bits per heavy atom. The third-order valence-corrected chi connectivity index (χ3v) is 2.98. The lowest BCUT2D eigenvalue weighted by atomic mass is 10.1. The first kappa shape index (κ1) is 12.9. The molecule has 0 aliphatic rings. The number of amides is 1. The molecule has 0 bridgehead atoms. The van der Waals surface area contributed by atoms with Gasteiger partial charge in [-0.15, -0.1) is 0 Å². The molecule has 0 spiro atoms. The first-order valence-electron chi connectivity index (χ1n) is 5.87. The van der Waals surface area contributed by atoms with E-state index in [4.69, 9.17) is 11.5 Å². The molecule has 5 nitrogen and oxygen atoms in total. The number of benzene rings is 1. The molecule has 0 fully saturated rings. The molecule has 98 valence electrons. The molecule has 1 amide bonds. The van der Waals surface area contributed by atoms with Crippen LogP contribution in [0, 0.1) is 13.8 Å². The number of anilines is 3. The summed E-state index contributed by atoms with van der Waals surface area (Å²) in [5.74, 6) is -0.0331. The molecule has 2 rings (SSSR count). The largest absolute Gasteiger partial charge is 0.397 e. The summed E-state index contributed by atoms with van der Waals surface area (Å²) >= 11 is 0. The lowest BCUT2D eigenvalue weighted by Crippen LogP contribution is -2.14. The van der Waals surface area contributed by atoms with E-state index in [0.717, 1.165) is 5.69 Å². The van der Waals surface area contributed by atoms with Gasteiger partial charge in [-0.1, -0.05) is 6.07 Å². The maximum Gasteiger partial charge on any atom is 0.250 e. The summed E-state index contributed by atoms with van der Waals surface area (Å²) in [7, 11) is 0. The van der Waals surface area contributed by atoms with Crippen LogP contribution in [0.25, 0.3) is 0 Å². The average Bonchev–Trinajstić information content (AvgIpc) is 2.36. The quantitative estimate of drug-likeness (QED) is 0.784.